The predicted molar refractivity (Wildman–Crippen MR) is 294 cm³/mol. The van der Waals surface area contributed by atoms with Gasteiger partial charge in [-0.05, 0) is 161 Å². The maximum Gasteiger partial charge on any atom is 0.573 e. The van der Waals surface area contributed by atoms with Crippen LogP contribution in [0.15, 0.2) is 127 Å². The molecule has 6 aromatic carbocycles. The molecule has 0 atom stereocenters. The first-order chi connectivity index (χ1) is 38.4. The minimum Gasteiger partial charge on any atom is -0.406 e. The van der Waals surface area contributed by atoms with Crippen LogP contribution in [-0.2, 0) is 19.3 Å². The van der Waals surface area contributed by atoms with Gasteiger partial charge >= 0.3 is 19.1 Å². The monoisotopic (exact) mass is 1140 g/mol. The zero-order valence-electron chi connectivity index (χ0n) is 46.1. The summed E-state index contributed by atoms with van der Waals surface area (Å²) < 4.78 is 163. The molecule has 0 aliphatic heterocycles. The van der Waals surface area contributed by atoms with Gasteiger partial charge in [-0.2, -0.15) is 0 Å². The van der Waals surface area contributed by atoms with Crippen molar-refractivity contribution in [1.82, 2.24) is 0 Å². The Morgan fingerprint density at radius 3 is 0.988 bits per heavy atom. The van der Waals surface area contributed by atoms with Crippen molar-refractivity contribution in [2.45, 2.75) is 155 Å². The molecule has 81 heavy (non-hydrogen) atoms. The van der Waals surface area contributed by atoms with E-state index in [1.165, 1.54) is 125 Å². The van der Waals surface area contributed by atoms with Gasteiger partial charge in [0.15, 0.2) is 11.6 Å². The molecule has 6 aromatic rings. The first-order valence-electron chi connectivity index (χ1n) is 28.3. The zero-order chi connectivity index (χ0) is 58.3. The molecule has 0 spiro atoms. The molecule has 0 radical (unpaired) electrons. The van der Waals surface area contributed by atoms with E-state index in [9.17, 15) is 52.7 Å². The highest BCUT2D eigenvalue weighted by Crippen LogP contribution is 2.37. The van der Waals surface area contributed by atoms with Gasteiger partial charge in [0.25, 0.3) is 0 Å². The average molecular weight is 1140 g/mol. The van der Waals surface area contributed by atoms with E-state index in [4.69, 9.17) is 0 Å². The number of alkyl halides is 9. The third-order valence-corrected chi connectivity index (χ3v) is 16.2. The Bertz CT molecular complexity index is 2810. The summed E-state index contributed by atoms with van der Waals surface area (Å²) in [5.41, 5.74) is 6.91. The van der Waals surface area contributed by atoms with Crippen molar-refractivity contribution in [3.05, 3.63) is 162 Å². The van der Waals surface area contributed by atoms with Crippen LogP contribution >= 0.6 is 0 Å². The van der Waals surface area contributed by atoms with Gasteiger partial charge in [-0.15, -0.1) is 39.5 Å². The number of halogens is 12. The van der Waals surface area contributed by atoms with Gasteiger partial charge in [0.2, 0.25) is 5.75 Å². The lowest BCUT2D eigenvalue weighted by atomic mass is 9.80. The van der Waals surface area contributed by atoms with E-state index in [-0.39, 0.29) is 22.9 Å². The van der Waals surface area contributed by atoms with Crippen LogP contribution in [-0.4, -0.2) is 19.1 Å². The quantitative estimate of drug-likeness (QED) is 0.0959. The Morgan fingerprint density at radius 1 is 0.333 bits per heavy atom. The molecule has 0 unspecified atom stereocenters. The van der Waals surface area contributed by atoms with Crippen molar-refractivity contribution >= 4 is 0 Å². The molecular weight excluding hydrogens is 1070 g/mol. The largest absolute Gasteiger partial charge is 0.573 e. The third-order valence-electron chi connectivity index (χ3n) is 16.2. The van der Waals surface area contributed by atoms with Crippen LogP contribution in [0, 0.1) is 53.0 Å². The lowest BCUT2D eigenvalue weighted by Gasteiger charge is -2.26. The zero-order valence-corrected chi connectivity index (χ0v) is 46.1. The summed E-state index contributed by atoms with van der Waals surface area (Å²) >= 11 is 0. The molecule has 3 aliphatic carbocycles. The van der Waals surface area contributed by atoms with Crippen LogP contribution in [0.1, 0.15) is 134 Å². The molecule has 0 N–H and O–H groups in total. The van der Waals surface area contributed by atoms with Crippen molar-refractivity contribution < 1.29 is 66.9 Å². The highest BCUT2D eigenvalue weighted by Gasteiger charge is 2.35. The Labute approximate surface area is 468 Å². The number of benzene rings is 6. The van der Waals surface area contributed by atoms with E-state index in [1.807, 2.05) is 30.3 Å². The Kier molecular flexibility index (Phi) is 22.2. The molecule has 0 aromatic heterocycles. The molecule has 3 saturated carbocycles. The lowest BCUT2D eigenvalue weighted by Crippen LogP contribution is -2.19. The molecule has 15 heteroatoms. The summed E-state index contributed by atoms with van der Waals surface area (Å²) in [6.07, 6.45) is 7.42. The summed E-state index contributed by atoms with van der Waals surface area (Å²) in [5, 5.41) is 0. The highest BCUT2D eigenvalue weighted by atomic mass is 19.4. The number of hydrogen-bond donors (Lipinski definition) is 0. The van der Waals surface area contributed by atoms with Crippen LogP contribution in [0.25, 0.3) is 33.4 Å². The second-order valence-electron chi connectivity index (χ2n) is 22.7. The van der Waals surface area contributed by atoms with E-state index >= 15 is 0 Å². The second-order valence-corrected chi connectivity index (χ2v) is 22.7. The van der Waals surface area contributed by atoms with Crippen molar-refractivity contribution in [1.29, 1.82) is 0 Å². The molecule has 0 heterocycles. The highest BCUT2D eigenvalue weighted by molar-refractivity contribution is 5.67. The molecule has 0 bridgehead atoms. The number of aryl methyl sites for hydroxylation is 3. The van der Waals surface area contributed by atoms with Crippen LogP contribution in [0.5, 0.6) is 17.2 Å². The minimum absolute atomic E-state index is 0.164. The maximum absolute atomic E-state index is 14.5. The number of rotatable bonds is 15. The molecule has 438 valence electrons. The normalized spacial score (nSPS) is 20.5. The standard InChI is InChI=1S/C22H23F5O.C22H24F4O.C22H25F3O/c1-14-2-4-15(5-3-14)6-7-16-8-10-17(11-9-16)18-12-19(23)21(20(24)13-18)28-22(25,26)27;1-15-2-4-16(5-3-15)6-7-17-8-13-20(21(23)14-17)18-9-11-19(12-10-18)27-22(24,25)26;1-16-2-4-17(5-3-16)6-7-18-8-10-19(11-9-18)20-12-14-21(15-13-20)26-22(23,24)25/h8-15H,2-7H2,1H3;8-16H,2-7H2,1H3;8-17H,2-7H2,1H3. The van der Waals surface area contributed by atoms with Gasteiger partial charge in [0.1, 0.15) is 17.3 Å². The lowest BCUT2D eigenvalue weighted by molar-refractivity contribution is -0.277. The van der Waals surface area contributed by atoms with E-state index in [0.717, 1.165) is 102 Å². The van der Waals surface area contributed by atoms with Gasteiger partial charge in [-0.3, -0.25) is 0 Å². The molecule has 3 nitrogen and oxygen atoms in total. The average Bonchev–Trinajstić information content (AvgIpc) is 3.41. The number of hydrogen-bond acceptors (Lipinski definition) is 3. The van der Waals surface area contributed by atoms with Crippen molar-refractivity contribution in [2.24, 2.45) is 35.5 Å². The predicted octanol–water partition coefficient (Wildman–Crippen LogP) is 21.5. The number of ether oxygens (including phenoxy) is 3. The topological polar surface area (TPSA) is 27.7 Å². The Balaban J connectivity index is 0.000000175. The van der Waals surface area contributed by atoms with Gasteiger partial charge in [0, 0.05) is 5.56 Å². The molecule has 3 fully saturated rings. The first-order valence-corrected chi connectivity index (χ1v) is 28.3. The summed E-state index contributed by atoms with van der Waals surface area (Å²) in [7, 11) is 0. The maximum atomic E-state index is 14.5. The smallest absolute Gasteiger partial charge is 0.406 e. The van der Waals surface area contributed by atoms with Crippen molar-refractivity contribution in [3.8, 4) is 50.6 Å². The third kappa shape index (κ3) is 21.0. The van der Waals surface area contributed by atoms with Gasteiger partial charge in [-0.1, -0.05) is 183 Å². The van der Waals surface area contributed by atoms with Crippen LogP contribution < -0.4 is 14.2 Å². The SMILES string of the molecule is CC1CCC(CCc2ccc(-c3cc(F)c(OC(F)(F)F)c(F)c3)cc2)CC1.CC1CCC(CCc2ccc(-c3ccc(OC(F)(F)F)cc3)c(F)c2)CC1.CC1CCC(CCc2ccc(-c3ccc(OC(F)(F)F)cc3)cc2)CC1. The molecule has 9 rings (SSSR count). The van der Waals surface area contributed by atoms with Crippen LogP contribution in [0.2, 0.25) is 0 Å². The Hall–Kier alpha value is -6.12. The van der Waals surface area contributed by atoms with E-state index < -0.39 is 36.5 Å². The van der Waals surface area contributed by atoms with E-state index in [1.54, 1.807) is 36.4 Å². The summed E-state index contributed by atoms with van der Waals surface area (Å²) in [4.78, 5) is 0. The summed E-state index contributed by atoms with van der Waals surface area (Å²) in [6.45, 7) is 6.94. The fraction of sp³-hybridized carbons (Fsp3) is 0.455. The van der Waals surface area contributed by atoms with E-state index in [2.05, 4.69) is 47.1 Å². The van der Waals surface area contributed by atoms with Gasteiger partial charge in [-0.25, -0.2) is 13.2 Å². The fourth-order valence-electron chi connectivity index (χ4n) is 11.3. The first kappa shape index (κ1) is 62.5. The summed E-state index contributed by atoms with van der Waals surface area (Å²) in [6, 6.07) is 33.7. The second kappa shape index (κ2) is 28.7. The van der Waals surface area contributed by atoms with Gasteiger partial charge < -0.3 is 14.2 Å². The fourth-order valence-corrected chi connectivity index (χ4v) is 11.3. The minimum atomic E-state index is -5.15. The van der Waals surface area contributed by atoms with Crippen molar-refractivity contribution in [2.75, 3.05) is 0 Å². The molecule has 3 aliphatic rings. The molecule has 0 amide bonds. The van der Waals surface area contributed by atoms with Gasteiger partial charge in [0.05, 0.1) is 0 Å². The Morgan fingerprint density at radius 2 is 0.642 bits per heavy atom. The van der Waals surface area contributed by atoms with Crippen LogP contribution in [0.4, 0.5) is 52.7 Å². The molecule has 0 saturated heterocycles. The molecular formula is C66H72F12O3. The van der Waals surface area contributed by atoms with Crippen molar-refractivity contribution in [3.63, 3.8) is 0 Å². The summed E-state index contributed by atoms with van der Waals surface area (Å²) in [5.74, 6) is -0.203. The van der Waals surface area contributed by atoms with Crippen LogP contribution in [0.3, 0.4) is 0 Å². The van der Waals surface area contributed by atoms with E-state index in [0.29, 0.717) is 16.7 Å².